The van der Waals surface area contributed by atoms with Gasteiger partial charge in [-0.1, -0.05) is 0 Å². The first-order chi connectivity index (χ1) is 9.10. The van der Waals surface area contributed by atoms with Crippen LogP contribution in [-0.2, 0) is 11.3 Å². The molecular weight excluding hydrogens is 248 g/mol. The van der Waals surface area contributed by atoms with Gasteiger partial charge in [0, 0.05) is 6.54 Å². The van der Waals surface area contributed by atoms with Crippen LogP contribution in [-0.4, -0.2) is 33.0 Å². The molecular formula is C12H18N4O3. The third-order valence-electron chi connectivity index (χ3n) is 4.01. The van der Waals surface area contributed by atoms with Crippen molar-refractivity contribution in [1.82, 2.24) is 9.78 Å². The van der Waals surface area contributed by atoms with Gasteiger partial charge in [-0.25, -0.2) is 4.68 Å². The second kappa shape index (κ2) is 4.48. The number of fused-ring (bicyclic) bond motifs is 2. The highest BCUT2D eigenvalue weighted by Gasteiger charge is 2.42. The molecule has 2 aliphatic rings. The Morgan fingerprint density at radius 3 is 2.89 bits per heavy atom. The zero-order valence-electron chi connectivity index (χ0n) is 11.1. The molecule has 0 spiro atoms. The van der Waals surface area contributed by atoms with E-state index >= 15 is 0 Å². The molecule has 0 aliphatic carbocycles. The number of rotatable bonds is 4. The number of nitrogens with one attached hydrogen (secondary N) is 1. The highest BCUT2D eigenvalue weighted by atomic mass is 16.6. The minimum atomic E-state index is -0.356. The van der Waals surface area contributed by atoms with Gasteiger partial charge >= 0.3 is 5.69 Å². The summed E-state index contributed by atoms with van der Waals surface area (Å²) in [5.41, 5.74) is 0.544. The summed E-state index contributed by atoms with van der Waals surface area (Å²) in [6, 6.07) is 0.166. The number of aromatic nitrogens is 2. The highest BCUT2D eigenvalue weighted by molar-refractivity contribution is 5.60. The Morgan fingerprint density at radius 2 is 2.37 bits per heavy atom. The standard InChI is InChI=1S/C12H18N4O3/c1-3-15-12(11(16(17)18)7(2)14-15)13-9-6-8-4-5-10(9)19-8/h8-10,13H,3-6H2,1-2H3. The molecule has 0 amide bonds. The Labute approximate surface area is 111 Å². The van der Waals surface area contributed by atoms with Crippen molar-refractivity contribution in [3.05, 3.63) is 15.8 Å². The fraction of sp³-hybridized carbons (Fsp3) is 0.750. The van der Waals surface area contributed by atoms with Crippen molar-refractivity contribution < 1.29 is 9.66 Å². The summed E-state index contributed by atoms with van der Waals surface area (Å²) in [6.07, 6.45) is 3.58. The molecule has 3 heterocycles. The minimum absolute atomic E-state index is 0.0876. The van der Waals surface area contributed by atoms with E-state index < -0.39 is 0 Å². The Bertz CT molecular complexity index is 513. The van der Waals surface area contributed by atoms with Crippen LogP contribution in [0.5, 0.6) is 0 Å². The Hall–Kier alpha value is -1.63. The molecule has 3 rings (SSSR count). The Kier molecular flexibility index (Phi) is 2.93. The summed E-state index contributed by atoms with van der Waals surface area (Å²) < 4.78 is 7.44. The van der Waals surface area contributed by atoms with Crippen LogP contribution in [0.15, 0.2) is 0 Å². The van der Waals surface area contributed by atoms with Crippen molar-refractivity contribution in [3.8, 4) is 0 Å². The van der Waals surface area contributed by atoms with Gasteiger partial charge in [-0.3, -0.25) is 10.1 Å². The van der Waals surface area contributed by atoms with Crippen LogP contribution in [0.2, 0.25) is 0 Å². The van der Waals surface area contributed by atoms with Gasteiger partial charge in [0.05, 0.1) is 23.2 Å². The molecule has 2 fully saturated rings. The topological polar surface area (TPSA) is 82.2 Å². The van der Waals surface area contributed by atoms with E-state index in [4.69, 9.17) is 4.74 Å². The summed E-state index contributed by atoms with van der Waals surface area (Å²) in [5.74, 6) is 0.520. The third kappa shape index (κ3) is 1.98. The Balaban J connectivity index is 1.89. The maximum atomic E-state index is 11.2. The predicted molar refractivity (Wildman–Crippen MR) is 69.2 cm³/mol. The first kappa shape index (κ1) is 12.4. The van der Waals surface area contributed by atoms with Crippen LogP contribution in [0.4, 0.5) is 11.5 Å². The van der Waals surface area contributed by atoms with Crippen molar-refractivity contribution >= 4 is 11.5 Å². The number of hydrogen-bond donors (Lipinski definition) is 1. The van der Waals surface area contributed by atoms with Crippen molar-refractivity contribution in [2.24, 2.45) is 0 Å². The Morgan fingerprint density at radius 1 is 1.58 bits per heavy atom. The number of aryl methyl sites for hydroxylation is 2. The van der Waals surface area contributed by atoms with E-state index in [-0.39, 0.29) is 22.8 Å². The molecule has 19 heavy (non-hydrogen) atoms. The van der Waals surface area contributed by atoms with Crippen molar-refractivity contribution in [1.29, 1.82) is 0 Å². The van der Waals surface area contributed by atoms with Crippen LogP contribution in [0.25, 0.3) is 0 Å². The molecule has 1 aromatic heterocycles. The fourth-order valence-corrected chi connectivity index (χ4v) is 3.13. The maximum absolute atomic E-state index is 11.2. The van der Waals surface area contributed by atoms with Gasteiger partial charge in [-0.05, 0) is 33.1 Å². The lowest BCUT2D eigenvalue weighted by molar-refractivity contribution is -0.384. The van der Waals surface area contributed by atoms with Gasteiger partial charge in [-0.2, -0.15) is 5.10 Å². The fourth-order valence-electron chi connectivity index (χ4n) is 3.13. The van der Waals surface area contributed by atoms with Gasteiger partial charge in [-0.15, -0.1) is 0 Å². The lowest BCUT2D eigenvalue weighted by Crippen LogP contribution is -2.31. The molecule has 104 valence electrons. The molecule has 0 radical (unpaired) electrons. The van der Waals surface area contributed by atoms with E-state index in [2.05, 4.69) is 10.4 Å². The third-order valence-corrected chi connectivity index (χ3v) is 4.01. The quantitative estimate of drug-likeness (QED) is 0.664. The van der Waals surface area contributed by atoms with Gasteiger partial charge in [0.15, 0.2) is 0 Å². The second-order valence-electron chi connectivity index (χ2n) is 5.22. The van der Waals surface area contributed by atoms with E-state index in [0.29, 0.717) is 24.2 Å². The number of nitrogens with zero attached hydrogens (tertiary/aromatic N) is 3. The minimum Gasteiger partial charge on any atom is -0.373 e. The first-order valence-electron chi connectivity index (χ1n) is 6.74. The summed E-state index contributed by atoms with van der Waals surface area (Å²) >= 11 is 0. The predicted octanol–water partition coefficient (Wildman–Crippen LogP) is 1.85. The lowest BCUT2D eigenvalue weighted by atomic mass is 9.95. The number of anilines is 1. The van der Waals surface area contributed by atoms with Crippen LogP contribution in [0.1, 0.15) is 31.9 Å². The molecule has 7 nitrogen and oxygen atoms in total. The molecule has 1 N–H and O–H groups in total. The van der Waals surface area contributed by atoms with E-state index in [1.807, 2.05) is 6.92 Å². The monoisotopic (exact) mass is 266 g/mol. The molecule has 2 saturated heterocycles. The van der Waals surface area contributed by atoms with Gasteiger partial charge in [0.2, 0.25) is 5.82 Å². The normalized spacial score (nSPS) is 28.8. The van der Waals surface area contributed by atoms with Crippen molar-refractivity contribution in [2.75, 3.05) is 5.32 Å². The molecule has 2 bridgehead atoms. The molecule has 2 aliphatic heterocycles. The zero-order chi connectivity index (χ0) is 13.6. The van der Waals surface area contributed by atoms with Gasteiger partial charge in [0.1, 0.15) is 5.69 Å². The van der Waals surface area contributed by atoms with E-state index in [0.717, 1.165) is 19.3 Å². The smallest absolute Gasteiger partial charge is 0.333 e. The second-order valence-corrected chi connectivity index (χ2v) is 5.22. The number of hydrogen-bond acceptors (Lipinski definition) is 5. The van der Waals surface area contributed by atoms with E-state index in [1.165, 1.54) is 0 Å². The van der Waals surface area contributed by atoms with Crippen LogP contribution < -0.4 is 5.32 Å². The summed E-state index contributed by atoms with van der Waals surface area (Å²) in [4.78, 5) is 10.8. The first-order valence-corrected chi connectivity index (χ1v) is 6.74. The number of nitro groups is 1. The van der Waals surface area contributed by atoms with E-state index in [1.54, 1.807) is 11.6 Å². The van der Waals surface area contributed by atoms with Crippen molar-refractivity contribution in [2.45, 2.75) is 57.9 Å². The SMILES string of the molecule is CCn1nc(C)c([N+](=O)[O-])c1NC1CC2CCC1O2. The van der Waals surface area contributed by atoms with Crippen LogP contribution in [0.3, 0.4) is 0 Å². The average molecular weight is 266 g/mol. The average Bonchev–Trinajstić information content (AvgIpc) is 3.03. The summed E-state index contributed by atoms with van der Waals surface area (Å²) in [6.45, 7) is 4.21. The zero-order valence-corrected chi connectivity index (χ0v) is 11.1. The molecule has 3 atom stereocenters. The summed E-state index contributed by atoms with van der Waals surface area (Å²) in [5, 5.41) is 18.7. The molecule has 7 heteroatoms. The summed E-state index contributed by atoms with van der Waals surface area (Å²) in [7, 11) is 0. The molecule has 3 unspecified atom stereocenters. The van der Waals surface area contributed by atoms with Crippen molar-refractivity contribution in [3.63, 3.8) is 0 Å². The highest BCUT2D eigenvalue weighted by Crippen LogP contribution is 2.38. The van der Waals surface area contributed by atoms with Crippen LogP contribution in [0, 0.1) is 17.0 Å². The molecule has 0 saturated carbocycles. The number of ether oxygens (including phenoxy) is 1. The largest absolute Gasteiger partial charge is 0.373 e. The molecule has 0 aromatic carbocycles. The maximum Gasteiger partial charge on any atom is 0.333 e. The van der Waals surface area contributed by atoms with Gasteiger partial charge in [0.25, 0.3) is 0 Å². The van der Waals surface area contributed by atoms with E-state index in [9.17, 15) is 10.1 Å². The van der Waals surface area contributed by atoms with Crippen LogP contribution >= 0.6 is 0 Å². The van der Waals surface area contributed by atoms with Gasteiger partial charge < -0.3 is 10.1 Å². The lowest BCUT2D eigenvalue weighted by Gasteiger charge is -2.21. The molecule has 1 aromatic rings.